The lowest BCUT2D eigenvalue weighted by Crippen LogP contribution is -2.09. The van der Waals surface area contributed by atoms with Crippen LogP contribution in [0, 0.1) is 10.1 Å². The fraction of sp³-hybridized carbons (Fsp3) is 0.211. The maximum absolute atomic E-state index is 13.0. The van der Waals surface area contributed by atoms with Gasteiger partial charge in [0.05, 0.1) is 24.7 Å². The summed E-state index contributed by atoms with van der Waals surface area (Å²) in [6.45, 7) is 0. The molecule has 10 heteroatoms. The van der Waals surface area contributed by atoms with E-state index in [2.05, 4.69) is 0 Å². The Morgan fingerprint density at radius 3 is 2.34 bits per heavy atom. The van der Waals surface area contributed by atoms with Crippen LogP contribution in [0.25, 0.3) is 10.1 Å². The first-order chi connectivity index (χ1) is 13.6. The summed E-state index contributed by atoms with van der Waals surface area (Å²) in [6, 6.07) is 7.43. The van der Waals surface area contributed by atoms with Gasteiger partial charge in [-0.25, -0.2) is 0 Å². The Labute approximate surface area is 166 Å². The first kappa shape index (κ1) is 20.6. The van der Waals surface area contributed by atoms with E-state index in [0.717, 1.165) is 16.9 Å². The normalized spacial score (nSPS) is 11.5. The molecule has 0 aliphatic heterocycles. The number of benzene rings is 2. The molecule has 0 saturated heterocycles. The highest BCUT2D eigenvalue weighted by atomic mass is 32.1. The molecule has 0 amide bonds. The Hall–Kier alpha value is -3.14. The van der Waals surface area contributed by atoms with Crippen LogP contribution in [-0.2, 0) is 12.6 Å². The number of halogens is 3. The molecule has 0 spiro atoms. The zero-order valence-corrected chi connectivity index (χ0v) is 16.0. The Balaban J connectivity index is 2.13. The number of non-ortho nitro benzene ring substituents is 1. The molecule has 0 fully saturated rings. The number of hydrogen-bond donors (Lipinski definition) is 0. The number of ether oxygens (including phenoxy) is 2. The highest BCUT2D eigenvalue weighted by Crippen LogP contribution is 2.38. The number of methoxy groups -OCH3 is 2. The molecule has 0 aliphatic rings. The largest absolute Gasteiger partial charge is 0.493 e. The SMILES string of the molecule is COc1ccc(Cc2cc(=O)c3cc(C(F)(F)F)cc([N+](=O)[O-])c3s2)cc1OC. The van der Waals surface area contributed by atoms with E-state index >= 15 is 0 Å². The number of nitrogens with zero attached hydrogens (tertiary/aromatic N) is 1. The second kappa shape index (κ2) is 7.70. The Morgan fingerprint density at radius 1 is 1.07 bits per heavy atom. The van der Waals surface area contributed by atoms with Crippen molar-refractivity contribution in [1.82, 2.24) is 0 Å². The molecule has 3 rings (SSSR count). The summed E-state index contributed by atoms with van der Waals surface area (Å²) >= 11 is 0.912. The third-order valence-electron chi connectivity index (χ3n) is 4.21. The molecule has 0 N–H and O–H groups in total. The van der Waals surface area contributed by atoms with Crippen LogP contribution < -0.4 is 14.9 Å². The Bertz CT molecular complexity index is 1160. The van der Waals surface area contributed by atoms with Crippen LogP contribution in [0.15, 0.2) is 41.2 Å². The van der Waals surface area contributed by atoms with Crippen molar-refractivity contribution in [1.29, 1.82) is 0 Å². The minimum Gasteiger partial charge on any atom is -0.493 e. The second-order valence-electron chi connectivity index (χ2n) is 6.07. The zero-order valence-electron chi connectivity index (χ0n) is 15.2. The maximum Gasteiger partial charge on any atom is 0.416 e. The molecular formula is C19H14F3NO5S. The molecule has 1 aromatic heterocycles. The van der Waals surface area contributed by atoms with Gasteiger partial charge in [-0.1, -0.05) is 6.07 Å². The van der Waals surface area contributed by atoms with Crippen LogP contribution in [0.3, 0.4) is 0 Å². The lowest BCUT2D eigenvalue weighted by molar-refractivity contribution is -0.383. The number of rotatable bonds is 5. The predicted molar refractivity (Wildman–Crippen MR) is 102 cm³/mol. The van der Waals surface area contributed by atoms with E-state index in [-0.39, 0.29) is 16.5 Å². The topological polar surface area (TPSA) is 78.7 Å². The minimum atomic E-state index is -4.80. The molecule has 6 nitrogen and oxygen atoms in total. The van der Waals surface area contributed by atoms with Gasteiger partial charge in [0.2, 0.25) is 0 Å². The zero-order chi connectivity index (χ0) is 21.3. The minimum absolute atomic E-state index is 0.0917. The van der Waals surface area contributed by atoms with E-state index < -0.39 is 27.8 Å². The fourth-order valence-corrected chi connectivity index (χ4v) is 4.04. The van der Waals surface area contributed by atoms with E-state index in [1.165, 1.54) is 20.3 Å². The van der Waals surface area contributed by atoms with Gasteiger partial charge in [-0.05, 0) is 29.8 Å². The molecule has 0 saturated carbocycles. The van der Waals surface area contributed by atoms with E-state index in [9.17, 15) is 28.1 Å². The van der Waals surface area contributed by atoms with Gasteiger partial charge < -0.3 is 9.47 Å². The van der Waals surface area contributed by atoms with Crippen molar-refractivity contribution in [3.63, 3.8) is 0 Å². The summed E-state index contributed by atoms with van der Waals surface area (Å²) in [7, 11) is 2.96. The smallest absolute Gasteiger partial charge is 0.416 e. The molecule has 1 heterocycles. The molecule has 152 valence electrons. The average Bonchev–Trinajstić information content (AvgIpc) is 2.66. The average molecular weight is 425 g/mol. The van der Waals surface area contributed by atoms with E-state index in [0.29, 0.717) is 28.5 Å². The van der Waals surface area contributed by atoms with E-state index in [1.54, 1.807) is 18.2 Å². The third-order valence-corrected chi connectivity index (χ3v) is 5.37. The first-order valence-electron chi connectivity index (χ1n) is 8.17. The quantitative estimate of drug-likeness (QED) is 0.434. The molecule has 3 aromatic rings. The van der Waals surface area contributed by atoms with Crippen LogP contribution in [0.1, 0.15) is 16.0 Å². The van der Waals surface area contributed by atoms with Crippen molar-refractivity contribution >= 4 is 27.1 Å². The van der Waals surface area contributed by atoms with Crippen molar-refractivity contribution in [3.05, 3.63) is 72.7 Å². The molecule has 0 atom stereocenters. The van der Waals surface area contributed by atoms with Gasteiger partial charge in [0.15, 0.2) is 16.9 Å². The van der Waals surface area contributed by atoms with Gasteiger partial charge >= 0.3 is 6.18 Å². The number of nitro benzene ring substituents is 1. The number of fused-ring (bicyclic) bond motifs is 1. The summed E-state index contributed by atoms with van der Waals surface area (Å²) in [4.78, 5) is 23.3. The van der Waals surface area contributed by atoms with Crippen LogP contribution in [0.2, 0.25) is 0 Å². The molecule has 2 aromatic carbocycles. The number of nitro groups is 1. The molecule has 0 aliphatic carbocycles. The summed E-state index contributed by atoms with van der Waals surface area (Å²) in [5, 5.41) is 11.0. The predicted octanol–water partition coefficient (Wildman–Crippen LogP) is 4.80. The fourth-order valence-electron chi connectivity index (χ4n) is 2.87. The van der Waals surface area contributed by atoms with Gasteiger partial charge in [-0.3, -0.25) is 14.9 Å². The lowest BCUT2D eigenvalue weighted by Gasteiger charge is -2.10. The van der Waals surface area contributed by atoms with Crippen molar-refractivity contribution in [2.45, 2.75) is 12.6 Å². The summed E-state index contributed by atoms with van der Waals surface area (Å²) < 4.78 is 49.4. The van der Waals surface area contributed by atoms with Crippen LogP contribution in [0.5, 0.6) is 11.5 Å². The molecule has 0 bridgehead atoms. The van der Waals surface area contributed by atoms with Crippen molar-refractivity contribution in [2.75, 3.05) is 14.2 Å². The van der Waals surface area contributed by atoms with Gasteiger partial charge in [0.25, 0.3) is 5.69 Å². The van der Waals surface area contributed by atoms with Crippen molar-refractivity contribution in [3.8, 4) is 11.5 Å². The third kappa shape index (κ3) is 4.16. The van der Waals surface area contributed by atoms with Gasteiger partial charge in [0.1, 0.15) is 4.70 Å². The summed E-state index contributed by atoms with van der Waals surface area (Å²) in [6.07, 6.45) is -4.55. The van der Waals surface area contributed by atoms with Gasteiger partial charge in [0, 0.05) is 22.8 Å². The summed E-state index contributed by atoms with van der Waals surface area (Å²) in [5.74, 6) is 0.984. The number of hydrogen-bond acceptors (Lipinski definition) is 6. The molecular weight excluding hydrogens is 411 g/mol. The highest BCUT2D eigenvalue weighted by Gasteiger charge is 2.34. The van der Waals surface area contributed by atoms with Gasteiger partial charge in [-0.2, -0.15) is 13.2 Å². The highest BCUT2D eigenvalue weighted by molar-refractivity contribution is 7.19. The Morgan fingerprint density at radius 2 is 1.76 bits per heavy atom. The summed E-state index contributed by atoms with van der Waals surface area (Å²) in [5.41, 5.74) is -1.93. The van der Waals surface area contributed by atoms with E-state index in [4.69, 9.17) is 9.47 Å². The van der Waals surface area contributed by atoms with E-state index in [1.807, 2.05) is 0 Å². The van der Waals surface area contributed by atoms with Crippen LogP contribution in [-0.4, -0.2) is 19.1 Å². The molecule has 0 unspecified atom stereocenters. The van der Waals surface area contributed by atoms with Crippen molar-refractivity contribution < 1.29 is 27.6 Å². The first-order valence-corrected chi connectivity index (χ1v) is 8.99. The number of alkyl halides is 3. The standard InChI is InChI=1S/C19H14F3NO5S/c1-27-16-4-3-10(6-17(16)28-2)5-12-9-15(24)13-7-11(19(20,21)22)8-14(23(25)26)18(13)29-12/h3-4,6-9H,5H2,1-2H3. The maximum atomic E-state index is 13.0. The van der Waals surface area contributed by atoms with Crippen LogP contribution >= 0.6 is 11.3 Å². The molecule has 0 radical (unpaired) electrons. The van der Waals surface area contributed by atoms with Gasteiger partial charge in [-0.15, -0.1) is 11.3 Å². The second-order valence-corrected chi connectivity index (χ2v) is 7.21. The molecule has 29 heavy (non-hydrogen) atoms. The monoisotopic (exact) mass is 425 g/mol. The Kier molecular flexibility index (Phi) is 5.47. The lowest BCUT2D eigenvalue weighted by atomic mass is 10.1. The van der Waals surface area contributed by atoms with Crippen molar-refractivity contribution in [2.24, 2.45) is 0 Å². The van der Waals surface area contributed by atoms with Crippen LogP contribution in [0.4, 0.5) is 18.9 Å².